The van der Waals surface area contributed by atoms with Crippen molar-refractivity contribution < 1.29 is 8.78 Å². The van der Waals surface area contributed by atoms with E-state index in [1.165, 1.54) is 12.1 Å². The molecule has 1 aromatic carbocycles. The Balaban J connectivity index is 1.96. The van der Waals surface area contributed by atoms with Crippen molar-refractivity contribution in [1.29, 1.82) is 0 Å². The molecule has 2 rings (SSSR count). The molecule has 17 heavy (non-hydrogen) atoms. The zero-order chi connectivity index (χ0) is 12.3. The molecule has 1 heterocycles. The highest BCUT2D eigenvalue weighted by Gasteiger charge is 2.23. The summed E-state index contributed by atoms with van der Waals surface area (Å²) in [5.74, 6) is -0.430. The lowest BCUT2D eigenvalue weighted by atomic mass is 9.91. The van der Waals surface area contributed by atoms with Gasteiger partial charge in [0.15, 0.2) is 0 Å². The summed E-state index contributed by atoms with van der Waals surface area (Å²) in [7, 11) is 0. The number of hydrogen-bond donors (Lipinski definition) is 1. The second-order valence-electron chi connectivity index (χ2n) is 4.58. The van der Waals surface area contributed by atoms with Gasteiger partial charge >= 0.3 is 0 Å². The molecule has 1 aliphatic rings. The first-order chi connectivity index (χ1) is 8.16. The maximum atomic E-state index is 14.0. The number of alkyl halides is 1. The zero-order valence-corrected chi connectivity index (χ0v) is 10.3. The summed E-state index contributed by atoms with van der Waals surface area (Å²) in [5, 5.41) is 3.27. The van der Waals surface area contributed by atoms with Gasteiger partial charge in [-0.25, -0.2) is 8.78 Å². The lowest BCUT2D eigenvalue weighted by Gasteiger charge is -2.25. The van der Waals surface area contributed by atoms with Gasteiger partial charge in [-0.3, -0.25) is 0 Å². The van der Waals surface area contributed by atoms with Crippen LogP contribution in [0.1, 0.15) is 18.4 Å². The van der Waals surface area contributed by atoms with Gasteiger partial charge in [-0.1, -0.05) is 17.7 Å². The first kappa shape index (κ1) is 12.8. The predicted octanol–water partition coefficient (Wildman–Crippen LogP) is 3.36. The third-order valence-corrected chi connectivity index (χ3v) is 3.57. The maximum Gasteiger partial charge on any atom is 0.142 e. The maximum absolute atomic E-state index is 14.0. The molecule has 2 unspecified atom stereocenters. The van der Waals surface area contributed by atoms with E-state index >= 15 is 0 Å². The highest BCUT2D eigenvalue weighted by atomic mass is 35.5. The Morgan fingerprint density at radius 1 is 1.47 bits per heavy atom. The standard InChI is InChI=1S/C13H16ClF2N/c14-11-4-3-9(7-13(11)16)6-12(15)10-2-1-5-17-8-10/h3-4,7,10,12,17H,1-2,5-6,8H2. The van der Waals surface area contributed by atoms with Gasteiger partial charge in [0.2, 0.25) is 0 Å². The fourth-order valence-corrected chi connectivity index (χ4v) is 2.36. The van der Waals surface area contributed by atoms with Crippen molar-refractivity contribution in [3.8, 4) is 0 Å². The molecule has 0 amide bonds. The minimum absolute atomic E-state index is 0.0440. The monoisotopic (exact) mass is 259 g/mol. The molecule has 94 valence electrons. The van der Waals surface area contributed by atoms with E-state index in [1.54, 1.807) is 6.07 Å². The van der Waals surface area contributed by atoms with Crippen LogP contribution in [0.3, 0.4) is 0 Å². The van der Waals surface area contributed by atoms with Gasteiger partial charge < -0.3 is 5.32 Å². The van der Waals surface area contributed by atoms with Crippen LogP contribution in [0, 0.1) is 11.7 Å². The van der Waals surface area contributed by atoms with Crippen LogP contribution in [0.4, 0.5) is 8.78 Å². The summed E-state index contributed by atoms with van der Waals surface area (Å²) in [4.78, 5) is 0. The van der Waals surface area contributed by atoms with Crippen molar-refractivity contribution in [3.63, 3.8) is 0 Å². The number of halogens is 3. The van der Waals surface area contributed by atoms with E-state index in [4.69, 9.17) is 11.6 Å². The Morgan fingerprint density at radius 3 is 2.94 bits per heavy atom. The van der Waals surface area contributed by atoms with Crippen LogP contribution < -0.4 is 5.32 Å². The van der Waals surface area contributed by atoms with Crippen LogP contribution in [0.25, 0.3) is 0 Å². The molecule has 1 nitrogen and oxygen atoms in total. The predicted molar refractivity (Wildman–Crippen MR) is 65.6 cm³/mol. The summed E-state index contributed by atoms with van der Waals surface area (Å²) in [6.07, 6.45) is 1.27. The lowest BCUT2D eigenvalue weighted by molar-refractivity contribution is 0.191. The third-order valence-electron chi connectivity index (χ3n) is 3.26. The van der Waals surface area contributed by atoms with Gasteiger partial charge in [0.1, 0.15) is 12.0 Å². The molecule has 1 aromatic rings. The van der Waals surface area contributed by atoms with Crippen LogP contribution in [-0.2, 0) is 6.42 Å². The van der Waals surface area contributed by atoms with E-state index in [0.717, 1.165) is 25.9 Å². The molecule has 4 heteroatoms. The SMILES string of the molecule is Fc1cc(CC(F)C2CCCNC2)ccc1Cl. The first-order valence-corrected chi connectivity index (χ1v) is 6.33. The number of hydrogen-bond acceptors (Lipinski definition) is 1. The fourth-order valence-electron chi connectivity index (χ4n) is 2.25. The quantitative estimate of drug-likeness (QED) is 0.878. The Hall–Kier alpha value is -0.670. The highest BCUT2D eigenvalue weighted by Crippen LogP contribution is 2.22. The molecule has 0 aliphatic carbocycles. The van der Waals surface area contributed by atoms with Crippen molar-refractivity contribution in [1.82, 2.24) is 5.32 Å². The molecule has 0 aromatic heterocycles. The minimum atomic E-state index is -0.914. The van der Waals surface area contributed by atoms with E-state index in [0.29, 0.717) is 5.56 Å². The van der Waals surface area contributed by atoms with Gasteiger partial charge in [0, 0.05) is 18.9 Å². The van der Waals surface area contributed by atoms with Gasteiger partial charge in [-0.15, -0.1) is 0 Å². The molecule has 2 atom stereocenters. The number of benzene rings is 1. The Kier molecular flexibility index (Phi) is 4.35. The molecular weight excluding hydrogens is 244 g/mol. The van der Waals surface area contributed by atoms with E-state index in [1.807, 2.05) is 0 Å². The van der Waals surface area contributed by atoms with Crippen LogP contribution in [0.5, 0.6) is 0 Å². The topological polar surface area (TPSA) is 12.0 Å². The number of rotatable bonds is 3. The second kappa shape index (κ2) is 5.78. The van der Waals surface area contributed by atoms with Crippen LogP contribution in [0.15, 0.2) is 18.2 Å². The largest absolute Gasteiger partial charge is 0.316 e. The van der Waals surface area contributed by atoms with E-state index < -0.39 is 12.0 Å². The number of nitrogens with one attached hydrogen (secondary N) is 1. The minimum Gasteiger partial charge on any atom is -0.316 e. The average molecular weight is 260 g/mol. The van der Waals surface area contributed by atoms with Gasteiger partial charge in [0.05, 0.1) is 5.02 Å². The molecule has 1 aliphatic heterocycles. The van der Waals surface area contributed by atoms with Crippen molar-refractivity contribution >= 4 is 11.6 Å². The van der Waals surface area contributed by atoms with E-state index in [9.17, 15) is 8.78 Å². The first-order valence-electron chi connectivity index (χ1n) is 5.95. The van der Waals surface area contributed by atoms with E-state index in [-0.39, 0.29) is 17.4 Å². The zero-order valence-electron chi connectivity index (χ0n) is 9.56. The Morgan fingerprint density at radius 2 is 2.29 bits per heavy atom. The van der Waals surface area contributed by atoms with Crippen molar-refractivity contribution in [2.24, 2.45) is 5.92 Å². The van der Waals surface area contributed by atoms with Gasteiger partial charge in [-0.05, 0) is 37.1 Å². The molecule has 0 radical (unpaired) electrons. The Labute approximate surface area is 105 Å². The summed E-state index contributed by atoms with van der Waals surface area (Å²) >= 11 is 5.59. The summed E-state index contributed by atoms with van der Waals surface area (Å²) in [6, 6.07) is 4.50. The van der Waals surface area contributed by atoms with Crippen molar-refractivity contribution in [3.05, 3.63) is 34.6 Å². The van der Waals surface area contributed by atoms with Crippen molar-refractivity contribution in [2.75, 3.05) is 13.1 Å². The third kappa shape index (κ3) is 3.39. The van der Waals surface area contributed by atoms with E-state index in [2.05, 4.69) is 5.32 Å². The molecule has 0 bridgehead atoms. The van der Waals surface area contributed by atoms with Gasteiger partial charge in [0.25, 0.3) is 0 Å². The van der Waals surface area contributed by atoms with Crippen LogP contribution in [0.2, 0.25) is 5.02 Å². The second-order valence-corrected chi connectivity index (χ2v) is 4.98. The molecule has 0 saturated carbocycles. The van der Waals surface area contributed by atoms with Crippen LogP contribution >= 0.6 is 11.6 Å². The van der Waals surface area contributed by atoms with Crippen LogP contribution in [-0.4, -0.2) is 19.3 Å². The highest BCUT2D eigenvalue weighted by molar-refractivity contribution is 6.30. The Bertz CT molecular complexity index is 378. The lowest BCUT2D eigenvalue weighted by Crippen LogP contribution is -2.35. The average Bonchev–Trinajstić information content (AvgIpc) is 2.35. The molecule has 1 fully saturated rings. The fraction of sp³-hybridized carbons (Fsp3) is 0.538. The number of piperidine rings is 1. The summed E-state index contributed by atoms with van der Waals surface area (Å²) in [6.45, 7) is 1.69. The molecule has 1 N–H and O–H groups in total. The summed E-state index contributed by atoms with van der Waals surface area (Å²) in [5.41, 5.74) is 0.671. The molecule has 1 saturated heterocycles. The molecular formula is C13H16ClF2N. The smallest absolute Gasteiger partial charge is 0.142 e. The summed E-state index contributed by atoms with van der Waals surface area (Å²) < 4.78 is 27.2. The van der Waals surface area contributed by atoms with Gasteiger partial charge in [-0.2, -0.15) is 0 Å². The normalized spacial score (nSPS) is 22.4. The van der Waals surface area contributed by atoms with Crippen molar-refractivity contribution in [2.45, 2.75) is 25.4 Å². The molecule has 0 spiro atoms.